The molecule has 0 amide bonds. The van der Waals surface area contributed by atoms with E-state index in [0.717, 1.165) is 18.0 Å². The van der Waals surface area contributed by atoms with E-state index in [2.05, 4.69) is 20.3 Å². The highest BCUT2D eigenvalue weighted by Gasteiger charge is 2.42. The average molecular weight is 580 g/mol. The summed E-state index contributed by atoms with van der Waals surface area (Å²) in [6, 6.07) is 5.31. The lowest BCUT2D eigenvalue weighted by atomic mass is 9.72. The van der Waals surface area contributed by atoms with Crippen molar-refractivity contribution < 1.29 is 26.7 Å². The largest absolute Gasteiger partial charge is 0.417 e. The number of aromatic nitrogens is 1. The van der Waals surface area contributed by atoms with E-state index in [9.17, 15) is 26.7 Å². The van der Waals surface area contributed by atoms with E-state index < -0.39 is 41.8 Å². The molecule has 1 aliphatic carbocycles. The molecule has 11 heteroatoms. The minimum absolute atomic E-state index is 0.0529. The second-order valence-electron chi connectivity index (χ2n) is 10.8. The number of nitrogens with zero attached hydrogens (tertiary/aromatic N) is 3. The molecule has 3 N–H and O–H groups in total. The third kappa shape index (κ3) is 9.06. The number of nitrogens with one attached hydrogen (secondary N) is 1. The highest BCUT2D eigenvalue weighted by molar-refractivity contribution is 6.18. The zero-order valence-corrected chi connectivity index (χ0v) is 23.6. The highest BCUT2D eigenvalue weighted by Crippen LogP contribution is 2.40. The standard InChI is InChI=1S/C30H38F5N5O/c1-19-15-29(31,32)14-8-11-22(28(41)27(36)24(17-37-3)25-12-7-9-20(2)40-25)23(19)18-39-26-13-6-4-5-10-21(16-38-26)30(33,34)35/h7,9-10,12-13,16-17,19,22-23,39H,4-6,8,11,14-15,18,36H2,1-3H3/b21-10-,26-13?,27-24?,37-17?,38-16?/t19-,22?,23?/m1/s1. The molecule has 0 saturated heterocycles. The predicted octanol–water partition coefficient (Wildman–Crippen LogP) is 6.58. The van der Waals surface area contributed by atoms with Gasteiger partial charge in [0.2, 0.25) is 5.92 Å². The molecule has 2 aliphatic rings. The Hall–Kier alpha value is -3.37. The fourth-order valence-corrected chi connectivity index (χ4v) is 5.40. The van der Waals surface area contributed by atoms with E-state index in [1.807, 2.05) is 13.0 Å². The van der Waals surface area contributed by atoms with Crippen LogP contribution in [0.5, 0.6) is 0 Å². The Labute approximate surface area is 237 Å². The van der Waals surface area contributed by atoms with Gasteiger partial charge in [0, 0.05) is 56.0 Å². The van der Waals surface area contributed by atoms with Crippen molar-refractivity contribution in [3.63, 3.8) is 0 Å². The van der Waals surface area contributed by atoms with Crippen molar-refractivity contribution in [1.82, 2.24) is 10.3 Å². The first kappa shape index (κ1) is 32.1. The summed E-state index contributed by atoms with van der Waals surface area (Å²) in [5.41, 5.74) is 7.10. The fraction of sp³-hybridized carbons (Fsp3) is 0.533. The van der Waals surface area contributed by atoms with Crippen LogP contribution in [0, 0.1) is 24.7 Å². The Bertz CT molecular complexity index is 1230. The van der Waals surface area contributed by atoms with Crippen molar-refractivity contribution in [1.29, 1.82) is 0 Å². The summed E-state index contributed by atoms with van der Waals surface area (Å²) in [7, 11) is 1.55. The van der Waals surface area contributed by atoms with Crippen molar-refractivity contribution in [2.24, 2.45) is 33.5 Å². The molecule has 6 nitrogen and oxygen atoms in total. The van der Waals surface area contributed by atoms with Crippen LogP contribution in [0.25, 0.3) is 5.57 Å². The molecule has 1 aliphatic heterocycles. The lowest BCUT2D eigenvalue weighted by Crippen LogP contribution is -2.41. The maximum Gasteiger partial charge on any atom is 0.417 e. The second-order valence-corrected chi connectivity index (χ2v) is 10.8. The maximum atomic E-state index is 14.6. The molecule has 224 valence electrons. The lowest BCUT2D eigenvalue weighted by Gasteiger charge is -2.36. The Kier molecular flexibility index (Phi) is 11.0. The normalized spacial score (nSPS) is 25.9. The van der Waals surface area contributed by atoms with Crippen molar-refractivity contribution >= 4 is 23.8 Å². The van der Waals surface area contributed by atoms with Crippen LogP contribution < -0.4 is 11.1 Å². The maximum absolute atomic E-state index is 14.6. The van der Waals surface area contributed by atoms with Crippen molar-refractivity contribution in [2.45, 2.75) is 70.9 Å². The van der Waals surface area contributed by atoms with Gasteiger partial charge in [0.1, 0.15) is 5.82 Å². The highest BCUT2D eigenvalue weighted by atomic mass is 19.4. The Morgan fingerprint density at radius 2 is 1.95 bits per heavy atom. The van der Waals surface area contributed by atoms with Gasteiger partial charge in [-0.25, -0.2) is 13.8 Å². The van der Waals surface area contributed by atoms with Gasteiger partial charge < -0.3 is 11.1 Å². The Morgan fingerprint density at radius 3 is 2.63 bits per heavy atom. The minimum Gasteiger partial charge on any atom is -0.395 e. The van der Waals surface area contributed by atoms with E-state index in [-0.39, 0.29) is 49.5 Å². The number of carbonyl (C=O) groups is 1. The van der Waals surface area contributed by atoms with Crippen LogP contribution in [-0.4, -0.2) is 48.9 Å². The van der Waals surface area contributed by atoms with Gasteiger partial charge >= 0.3 is 6.18 Å². The molecule has 1 aromatic rings. The van der Waals surface area contributed by atoms with Gasteiger partial charge in [0.15, 0.2) is 5.78 Å². The number of aryl methyl sites for hydroxylation is 1. The predicted molar refractivity (Wildman–Crippen MR) is 152 cm³/mol. The molecule has 0 spiro atoms. The Balaban J connectivity index is 1.95. The van der Waals surface area contributed by atoms with Gasteiger partial charge in [-0.3, -0.25) is 14.8 Å². The molecule has 1 aromatic heterocycles. The number of hydrogen-bond donors (Lipinski definition) is 2. The van der Waals surface area contributed by atoms with Crippen LogP contribution in [0.15, 0.2) is 57.4 Å². The van der Waals surface area contributed by atoms with Crippen LogP contribution in [0.4, 0.5) is 22.0 Å². The first-order valence-corrected chi connectivity index (χ1v) is 13.9. The number of pyridine rings is 1. The number of hydrogen-bond acceptors (Lipinski definition) is 6. The molecule has 41 heavy (non-hydrogen) atoms. The van der Waals surface area contributed by atoms with Crippen LogP contribution in [0.3, 0.4) is 0 Å². The molecule has 0 aromatic carbocycles. The van der Waals surface area contributed by atoms with Crippen LogP contribution in [0.2, 0.25) is 0 Å². The number of alkyl halides is 5. The molecular weight excluding hydrogens is 541 g/mol. The number of allylic oxidation sites excluding steroid dienone is 5. The number of Topliss-reactive ketones (excluding diaryl/α,β-unsaturated/α-hetero) is 1. The molecule has 3 atom stereocenters. The van der Waals surface area contributed by atoms with Crippen LogP contribution >= 0.6 is 0 Å². The fourth-order valence-electron chi connectivity index (χ4n) is 5.40. The summed E-state index contributed by atoms with van der Waals surface area (Å²) >= 11 is 0. The van der Waals surface area contributed by atoms with Crippen molar-refractivity contribution in [3.05, 3.63) is 58.8 Å². The molecule has 1 fully saturated rings. The quantitative estimate of drug-likeness (QED) is 0.217. The number of carbonyl (C=O) groups excluding carboxylic acids is 1. The zero-order valence-electron chi connectivity index (χ0n) is 23.6. The van der Waals surface area contributed by atoms with Gasteiger partial charge in [-0.2, -0.15) is 13.2 Å². The molecule has 1 saturated carbocycles. The topological polar surface area (TPSA) is 92.7 Å². The van der Waals surface area contributed by atoms with E-state index in [4.69, 9.17) is 5.73 Å². The summed E-state index contributed by atoms with van der Waals surface area (Å²) in [5.74, 6) is -4.95. The molecule has 3 rings (SSSR count). The van der Waals surface area contributed by atoms with E-state index >= 15 is 0 Å². The minimum atomic E-state index is -4.54. The van der Waals surface area contributed by atoms with E-state index in [1.165, 1.54) is 6.21 Å². The number of nitrogens with two attached hydrogens (primary N) is 1. The zero-order chi connectivity index (χ0) is 30.2. The van der Waals surface area contributed by atoms with Crippen LogP contribution in [-0.2, 0) is 4.79 Å². The number of rotatable bonds is 7. The summed E-state index contributed by atoms with van der Waals surface area (Å²) < 4.78 is 69.3. The van der Waals surface area contributed by atoms with Crippen LogP contribution in [0.1, 0.15) is 63.3 Å². The van der Waals surface area contributed by atoms with Gasteiger partial charge in [0.05, 0.1) is 17.0 Å². The van der Waals surface area contributed by atoms with Gasteiger partial charge in [-0.15, -0.1) is 0 Å². The number of ketones is 1. The Morgan fingerprint density at radius 1 is 1.22 bits per heavy atom. The van der Waals surface area contributed by atoms with Crippen molar-refractivity contribution in [2.75, 3.05) is 13.6 Å². The molecule has 2 unspecified atom stereocenters. The second kappa shape index (κ2) is 14.0. The smallest absolute Gasteiger partial charge is 0.395 e. The number of halogens is 5. The summed E-state index contributed by atoms with van der Waals surface area (Å²) in [6.45, 7) is 3.55. The summed E-state index contributed by atoms with van der Waals surface area (Å²) in [6.07, 6.45) is 1.30. The molecular formula is C30H38F5N5O. The van der Waals surface area contributed by atoms with E-state index in [0.29, 0.717) is 24.1 Å². The third-order valence-corrected chi connectivity index (χ3v) is 7.54. The van der Waals surface area contributed by atoms with Gasteiger partial charge in [-0.1, -0.05) is 19.1 Å². The first-order valence-electron chi connectivity index (χ1n) is 13.9. The summed E-state index contributed by atoms with van der Waals surface area (Å²) in [5, 5.41) is 3.06. The molecule has 0 radical (unpaired) electrons. The van der Waals surface area contributed by atoms with E-state index in [1.54, 1.807) is 32.2 Å². The molecule has 2 heterocycles. The average Bonchev–Trinajstić information content (AvgIpc) is 3.01. The first-order chi connectivity index (χ1) is 19.3. The number of aliphatic imine (C=N–C) groups is 2. The van der Waals surface area contributed by atoms with Crippen molar-refractivity contribution in [3.8, 4) is 0 Å². The monoisotopic (exact) mass is 579 g/mol. The lowest BCUT2D eigenvalue weighted by molar-refractivity contribution is -0.124. The molecule has 0 bridgehead atoms. The third-order valence-electron chi connectivity index (χ3n) is 7.54. The van der Waals surface area contributed by atoms with Gasteiger partial charge in [0.25, 0.3) is 0 Å². The SMILES string of the molecule is CN=CC(=C(N)C(=O)C1CCCC(F)(F)C[C@@H](C)C1CNC1=CCCC/C=C(\C(F)(F)F)C=N1)c1cccc(C)n1. The van der Waals surface area contributed by atoms with Gasteiger partial charge in [-0.05, 0) is 69.1 Å². The summed E-state index contributed by atoms with van der Waals surface area (Å²) in [4.78, 5) is 26.5.